The van der Waals surface area contributed by atoms with Crippen LogP contribution in [0.2, 0.25) is 0 Å². The monoisotopic (exact) mass is 402 g/mol. The summed E-state index contributed by atoms with van der Waals surface area (Å²) in [5, 5.41) is 22.9. The maximum atomic E-state index is 11.4. The minimum atomic E-state index is -0.383. The van der Waals surface area contributed by atoms with Crippen molar-refractivity contribution in [2.45, 2.75) is 44.9 Å². The Kier molecular flexibility index (Phi) is 6.56. The van der Waals surface area contributed by atoms with E-state index in [-0.39, 0.29) is 10.6 Å². The summed E-state index contributed by atoms with van der Waals surface area (Å²) < 4.78 is 2.04. The second-order valence-corrected chi connectivity index (χ2v) is 7.83. The molecule has 0 aliphatic heterocycles. The largest absolute Gasteiger partial charge is 0.372 e. The standard InChI is InChI=1S/C19H26N6O2S/c1-23(2)16-10-8-15(12-17(16)25(26)27)13-20-24-18(21-22-19(24)28)11-9-14-6-4-3-5-7-14/h8,10,12-14H,3-7,9,11H2,1-2H3,(H,22,28)/b20-13-. The van der Waals surface area contributed by atoms with Crippen LogP contribution in [0.3, 0.4) is 0 Å². The van der Waals surface area contributed by atoms with Gasteiger partial charge in [0, 0.05) is 32.1 Å². The molecule has 1 saturated carbocycles. The van der Waals surface area contributed by atoms with Crippen molar-refractivity contribution in [1.82, 2.24) is 14.9 Å². The molecular formula is C19H26N6O2S. The fourth-order valence-electron chi connectivity index (χ4n) is 3.68. The molecule has 28 heavy (non-hydrogen) atoms. The minimum absolute atomic E-state index is 0.0438. The highest BCUT2D eigenvalue weighted by molar-refractivity contribution is 7.71. The molecule has 0 saturated heterocycles. The normalized spacial score (nSPS) is 15.2. The molecule has 1 fully saturated rings. The lowest BCUT2D eigenvalue weighted by Crippen LogP contribution is -2.11. The number of hydrogen-bond acceptors (Lipinski definition) is 6. The first kappa shape index (κ1) is 20.2. The summed E-state index contributed by atoms with van der Waals surface area (Å²) in [7, 11) is 3.55. The third-order valence-electron chi connectivity index (χ3n) is 5.22. The van der Waals surface area contributed by atoms with E-state index in [9.17, 15) is 10.1 Å². The van der Waals surface area contributed by atoms with Gasteiger partial charge in [-0.3, -0.25) is 15.2 Å². The van der Waals surface area contributed by atoms with Crippen molar-refractivity contribution in [1.29, 1.82) is 0 Å². The topological polar surface area (TPSA) is 92.3 Å². The molecule has 0 unspecified atom stereocenters. The molecule has 1 aromatic carbocycles. The Morgan fingerprint density at radius 1 is 1.39 bits per heavy atom. The predicted molar refractivity (Wildman–Crippen MR) is 113 cm³/mol. The van der Waals surface area contributed by atoms with Gasteiger partial charge >= 0.3 is 0 Å². The van der Waals surface area contributed by atoms with Gasteiger partial charge in [-0.1, -0.05) is 38.2 Å². The van der Waals surface area contributed by atoms with Crippen LogP contribution < -0.4 is 4.90 Å². The average Bonchev–Trinajstić information content (AvgIpc) is 3.04. The van der Waals surface area contributed by atoms with Gasteiger partial charge in [-0.15, -0.1) is 0 Å². The van der Waals surface area contributed by atoms with E-state index >= 15 is 0 Å². The number of benzene rings is 1. The lowest BCUT2D eigenvalue weighted by atomic mass is 9.86. The molecule has 2 aromatic rings. The third-order valence-corrected chi connectivity index (χ3v) is 5.48. The zero-order chi connectivity index (χ0) is 20.1. The first-order valence-electron chi connectivity index (χ1n) is 9.62. The molecule has 1 heterocycles. The highest BCUT2D eigenvalue weighted by Gasteiger charge is 2.17. The van der Waals surface area contributed by atoms with Gasteiger partial charge in [-0.2, -0.15) is 14.9 Å². The molecule has 0 bridgehead atoms. The van der Waals surface area contributed by atoms with Crippen molar-refractivity contribution in [2.24, 2.45) is 11.0 Å². The Hall–Kier alpha value is -2.55. The van der Waals surface area contributed by atoms with Crippen molar-refractivity contribution >= 4 is 29.8 Å². The van der Waals surface area contributed by atoms with E-state index in [1.807, 2.05) is 0 Å². The van der Waals surface area contributed by atoms with Crippen LogP contribution in [0.15, 0.2) is 23.3 Å². The summed E-state index contributed by atoms with van der Waals surface area (Å²) in [6, 6.07) is 5.04. The van der Waals surface area contributed by atoms with Gasteiger partial charge in [-0.25, -0.2) is 0 Å². The smallest absolute Gasteiger partial charge is 0.293 e. The quantitative estimate of drug-likeness (QED) is 0.322. The molecule has 1 N–H and O–H groups in total. The van der Waals surface area contributed by atoms with Crippen molar-refractivity contribution in [3.8, 4) is 0 Å². The zero-order valence-corrected chi connectivity index (χ0v) is 17.1. The summed E-state index contributed by atoms with van der Waals surface area (Å²) in [4.78, 5) is 12.7. The first-order chi connectivity index (χ1) is 13.5. The highest BCUT2D eigenvalue weighted by atomic mass is 32.1. The SMILES string of the molecule is CN(C)c1ccc(/C=N\n2c(CCC3CCCCC3)n[nH]c2=S)cc1[N+](=O)[O-]. The molecule has 150 valence electrons. The molecular weight excluding hydrogens is 376 g/mol. The molecule has 1 aliphatic rings. The fraction of sp³-hybridized carbons (Fsp3) is 0.526. The van der Waals surface area contributed by atoms with Crippen molar-refractivity contribution in [3.05, 3.63) is 44.5 Å². The number of hydrogen-bond donors (Lipinski definition) is 1. The first-order valence-corrected chi connectivity index (χ1v) is 10.0. The van der Waals surface area contributed by atoms with Crippen LogP contribution in [0.25, 0.3) is 0 Å². The average molecular weight is 403 g/mol. The van der Waals surface area contributed by atoms with Gasteiger partial charge in [0.25, 0.3) is 5.69 Å². The molecule has 0 atom stereocenters. The number of nitro groups is 1. The second-order valence-electron chi connectivity index (χ2n) is 7.44. The number of nitrogens with zero attached hydrogens (tertiary/aromatic N) is 5. The van der Waals surface area contributed by atoms with Gasteiger partial charge < -0.3 is 4.90 Å². The van der Waals surface area contributed by atoms with E-state index in [2.05, 4.69) is 15.3 Å². The van der Waals surface area contributed by atoms with Crippen LogP contribution in [0, 0.1) is 20.8 Å². The van der Waals surface area contributed by atoms with Crippen LogP contribution >= 0.6 is 12.2 Å². The molecule has 0 amide bonds. The summed E-state index contributed by atoms with van der Waals surface area (Å²) in [6.07, 6.45) is 10.0. The van der Waals surface area contributed by atoms with E-state index in [4.69, 9.17) is 12.2 Å². The zero-order valence-electron chi connectivity index (χ0n) is 16.3. The summed E-state index contributed by atoms with van der Waals surface area (Å²) in [5.41, 5.74) is 1.23. The van der Waals surface area contributed by atoms with Gasteiger partial charge in [0.15, 0.2) is 5.82 Å². The van der Waals surface area contributed by atoms with Crippen LogP contribution in [0.1, 0.15) is 49.9 Å². The Labute approximate surface area is 169 Å². The molecule has 0 radical (unpaired) electrons. The van der Waals surface area contributed by atoms with Gasteiger partial charge in [0.2, 0.25) is 4.77 Å². The summed E-state index contributed by atoms with van der Waals surface area (Å²) in [5.74, 6) is 1.55. The highest BCUT2D eigenvalue weighted by Crippen LogP contribution is 2.28. The maximum absolute atomic E-state index is 11.4. The predicted octanol–water partition coefficient (Wildman–Crippen LogP) is 4.31. The number of anilines is 1. The number of aromatic amines is 1. The van der Waals surface area contributed by atoms with Crippen LogP contribution in [0.4, 0.5) is 11.4 Å². The Morgan fingerprint density at radius 2 is 2.14 bits per heavy atom. The Balaban J connectivity index is 1.77. The number of nitrogens with one attached hydrogen (secondary N) is 1. The Morgan fingerprint density at radius 3 is 2.82 bits per heavy atom. The number of aryl methyl sites for hydroxylation is 1. The molecule has 1 aliphatic carbocycles. The molecule has 9 heteroatoms. The van der Waals surface area contributed by atoms with Crippen LogP contribution in [0.5, 0.6) is 0 Å². The summed E-state index contributed by atoms with van der Waals surface area (Å²) in [6.45, 7) is 0. The van der Waals surface area contributed by atoms with Crippen LogP contribution in [-0.2, 0) is 6.42 Å². The van der Waals surface area contributed by atoms with Gasteiger partial charge in [0.1, 0.15) is 5.69 Å². The van der Waals surface area contributed by atoms with Crippen LogP contribution in [-0.4, -0.2) is 40.1 Å². The molecule has 3 rings (SSSR count). The van der Waals surface area contributed by atoms with Crippen molar-refractivity contribution in [2.75, 3.05) is 19.0 Å². The van der Waals surface area contributed by atoms with E-state index in [1.54, 1.807) is 42.0 Å². The van der Waals surface area contributed by atoms with E-state index < -0.39 is 0 Å². The number of aromatic nitrogens is 3. The third kappa shape index (κ3) is 4.83. The minimum Gasteiger partial charge on any atom is -0.372 e. The maximum Gasteiger partial charge on any atom is 0.293 e. The van der Waals surface area contributed by atoms with Gasteiger partial charge in [0.05, 0.1) is 11.1 Å². The van der Waals surface area contributed by atoms with E-state index in [0.717, 1.165) is 24.6 Å². The lowest BCUT2D eigenvalue weighted by molar-refractivity contribution is -0.384. The lowest BCUT2D eigenvalue weighted by Gasteiger charge is -2.20. The number of H-pyrrole nitrogens is 1. The van der Waals surface area contributed by atoms with E-state index in [0.29, 0.717) is 16.0 Å². The molecule has 0 spiro atoms. The molecule has 1 aromatic heterocycles. The van der Waals surface area contributed by atoms with Crippen molar-refractivity contribution in [3.63, 3.8) is 0 Å². The summed E-state index contributed by atoms with van der Waals surface area (Å²) >= 11 is 5.30. The number of nitro benzene ring substituents is 1. The fourth-order valence-corrected chi connectivity index (χ4v) is 3.88. The van der Waals surface area contributed by atoms with E-state index in [1.165, 1.54) is 38.2 Å². The van der Waals surface area contributed by atoms with Crippen molar-refractivity contribution < 1.29 is 4.92 Å². The molecule has 8 nitrogen and oxygen atoms in total. The second kappa shape index (κ2) is 9.09. The van der Waals surface area contributed by atoms with Gasteiger partial charge in [-0.05, 0) is 30.6 Å². The Bertz CT molecular complexity index is 911. The number of rotatable bonds is 7.